The molecule has 30 heavy (non-hydrogen) atoms. The molecule has 1 heterocycles. The first-order valence-electron chi connectivity index (χ1n) is 12.7. The molecule has 0 aliphatic carbocycles. The molecular formula is C28H46O2. The maximum atomic E-state index is 5.79. The van der Waals surface area contributed by atoms with Crippen molar-refractivity contribution < 1.29 is 9.47 Å². The molecule has 0 radical (unpaired) electrons. The molecule has 1 aromatic carbocycles. The largest absolute Gasteiger partial charge is 0.491 e. The number of ether oxygens (including phenoxy) is 2. The minimum Gasteiger partial charge on any atom is -0.491 e. The number of allylic oxidation sites excluding steroid dienone is 2. The van der Waals surface area contributed by atoms with Crippen molar-refractivity contribution in [2.75, 3.05) is 13.2 Å². The minimum absolute atomic E-state index is 0.0384. The summed E-state index contributed by atoms with van der Waals surface area (Å²) in [6.45, 7) is 5.85. The highest BCUT2D eigenvalue weighted by Gasteiger charge is 2.40. The van der Waals surface area contributed by atoms with Gasteiger partial charge in [-0.1, -0.05) is 89.0 Å². The third kappa shape index (κ3) is 12.4. The molecule has 0 N–H and O–H groups in total. The zero-order valence-electron chi connectivity index (χ0n) is 19.8. The number of hydrogen-bond donors (Lipinski definition) is 0. The first-order valence-corrected chi connectivity index (χ1v) is 12.7. The molecule has 2 nitrogen and oxygen atoms in total. The van der Waals surface area contributed by atoms with Gasteiger partial charge in [0, 0.05) is 0 Å². The van der Waals surface area contributed by atoms with Crippen LogP contribution in [-0.2, 0) is 11.2 Å². The van der Waals surface area contributed by atoms with E-state index in [9.17, 15) is 0 Å². The van der Waals surface area contributed by atoms with Gasteiger partial charge in [0.05, 0.1) is 6.61 Å². The highest BCUT2D eigenvalue weighted by atomic mass is 16.6. The van der Waals surface area contributed by atoms with E-state index in [1.807, 2.05) is 0 Å². The second-order valence-electron chi connectivity index (χ2n) is 9.36. The first kappa shape index (κ1) is 25.0. The van der Waals surface area contributed by atoms with Crippen LogP contribution in [0.25, 0.3) is 0 Å². The van der Waals surface area contributed by atoms with E-state index in [1.54, 1.807) is 0 Å². The molecular weight excluding hydrogens is 368 g/mol. The van der Waals surface area contributed by atoms with E-state index in [0.717, 1.165) is 12.4 Å². The van der Waals surface area contributed by atoms with Gasteiger partial charge < -0.3 is 9.47 Å². The van der Waals surface area contributed by atoms with Crippen LogP contribution in [0.3, 0.4) is 0 Å². The van der Waals surface area contributed by atoms with Crippen LogP contribution in [0.15, 0.2) is 36.4 Å². The number of aryl methyl sites for hydroxylation is 1. The van der Waals surface area contributed by atoms with E-state index in [2.05, 4.69) is 50.3 Å². The molecule has 1 aromatic rings. The molecule has 0 amide bonds. The highest BCUT2D eigenvalue weighted by molar-refractivity contribution is 5.27. The summed E-state index contributed by atoms with van der Waals surface area (Å²) in [5, 5.41) is 0. The summed E-state index contributed by atoms with van der Waals surface area (Å²) >= 11 is 0. The fraction of sp³-hybridized carbons (Fsp3) is 0.714. The summed E-state index contributed by atoms with van der Waals surface area (Å²) in [6, 6.07) is 8.63. The van der Waals surface area contributed by atoms with Crippen molar-refractivity contribution in [3.8, 4) is 5.75 Å². The lowest BCUT2D eigenvalue weighted by molar-refractivity contribution is 0.202. The monoisotopic (exact) mass is 414 g/mol. The van der Waals surface area contributed by atoms with Gasteiger partial charge in [0.1, 0.15) is 18.0 Å². The Bertz CT molecular complexity index is 557. The van der Waals surface area contributed by atoms with E-state index < -0.39 is 0 Å². The first-order chi connectivity index (χ1) is 14.7. The SMILES string of the molecule is CCCCCC/C=C/CCCCCCCCCCc1ccc(OCC2(C)CO2)cc1. The summed E-state index contributed by atoms with van der Waals surface area (Å²) in [4.78, 5) is 0. The van der Waals surface area contributed by atoms with Crippen molar-refractivity contribution in [2.24, 2.45) is 0 Å². The third-order valence-corrected chi connectivity index (χ3v) is 6.08. The summed E-state index contributed by atoms with van der Waals surface area (Å²) in [5.41, 5.74) is 1.39. The van der Waals surface area contributed by atoms with Crippen LogP contribution >= 0.6 is 0 Å². The van der Waals surface area contributed by atoms with Gasteiger partial charge in [0.15, 0.2) is 0 Å². The van der Waals surface area contributed by atoms with E-state index >= 15 is 0 Å². The lowest BCUT2D eigenvalue weighted by Crippen LogP contribution is -2.16. The van der Waals surface area contributed by atoms with Crippen molar-refractivity contribution in [1.29, 1.82) is 0 Å². The average molecular weight is 415 g/mol. The number of hydrogen-bond acceptors (Lipinski definition) is 2. The Morgan fingerprint density at radius 1 is 0.800 bits per heavy atom. The number of epoxide rings is 1. The molecule has 0 spiro atoms. The molecule has 0 saturated carbocycles. The van der Waals surface area contributed by atoms with Crippen LogP contribution in [0, 0.1) is 0 Å². The number of unbranched alkanes of at least 4 members (excludes halogenated alkanes) is 12. The van der Waals surface area contributed by atoms with Gasteiger partial charge in [-0.05, 0) is 63.1 Å². The lowest BCUT2D eigenvalue weighted by atomic mass is 10.0. The predicted octanol–water partition coefficient (Wildman–Crippen LogP) is 8.43. The highest BCUT2D eigenvalue weighted by Crippen LogP contribution is 2.27. The maximum Gasteiger partial charge on any atom is 0.123 e. The van der Waals surface area contributed by atoms with Crippen LogP contribution in [-0.4, -0.2) is 18.8 Å². The zero-order valence-corrected chi connectivity index (χ0v) is 19.8. The van der Waals surface area contributed by atoms with Crippen molar-refractivity contribution >= 4 is 0 Å². The van der Waals surface area contributed by atoms with Gasteiger partial charge in [-0.3, -0.25) is 0 Å². The lowest BCUT2D eigenvalue weighted by Gasteiger charge is -2.09. The second-order valence-corrected chi connectivity index (χ2v) is 9.36. The smallest absolute Gasteiger partial charge is 0.123 e. The molecule has 0 bridgehead atoms. The molecule has 2 heteroatoms. The molecule has 1 saturated heterocycles. The standard InChI is InChI=1S/C28H46O2/c1-3-4-5-6-7-8-9-10-11-12-13-14-15-16-17-18-19-26-20-22-27(23-21-26)29-24-28(2)25-30-28/h8-9,20-23H,3-7,10-19,24-25H2,1-2H3/b9-8+. The average Bonchev–Trinajstić information content (AvgIpc) is 3.50. The Hall–Kier alpha value is -1.28. The molecule has 1 unspecified atom stereocenters. The normalized spacial score (nSPS) is 18.2. The van der Waals surface area contributed by atoms with E-state index in [-0.39, 0.29) is 5.60 Å². The number of benzene rings is 1. The van der Waals surface area contributed by atoms with Crippen molar-refractivity contribution in [1.82, 2.24) is 0 Å². The molecule has 1 aliphatic rings. The Kier molecular flexibility index (Phi) is 12.9. The van der Waals surface area contributed by atoms with Crippen LogP contribution in [0.5, 0.6) is 5.75 Å². The Labute approximate surface area is 186 Å². The number of rotatable bonds is 19. The minimum atomic E-state index is -0.0384. The van der Waals surface area contributed by atoms with Gasteiger partial charge in [0.2, 0.25) is 0 Å². The fourth-order valence-corrected chi connectivity index (χ4v) is 3.77. The second kappa shape index (κ2) is 15.5. The Morgan fingerprint density at radius 2 is 1.33 bits per heavy atom. The topological polar surface area (TPSA) is 21.8 Å². The van der Waals surface area contributed by atoms with Crippen LogP contribution in [0.2, 0.25) is 0 Å². The Morgan fingerprint density at radius 3 is 1.90 bits per heavy atom. The Balaban J connectivity index is 1.34. The van der Waals surface area contributed by atoms with Gasteiger partial charge >= 0.3 is 0 Å². The van der Waals surface area contributed by atoms with Gasteiger partial charge in [-0.25, -0.2) is 0 Å². The molecule has 1 aliphatic heterocycles. The summed E-state index contributed by atoms with van der Waals surface area (Å²) in [6.07, 6.45) is 25.1. The van der Waals surface area contributed by atoms with Gasteiger partial charge in [-0.2, -0.15) is 0 Å². The van der Waals surface area contributed by atoms with E-state index in [4.69, 9.17) is 9.47 Å². The molecule has 1 atom stereocenters. The summed E-state index contributed by atoms with van der Waals surface area (Å²) < 4.78 is 11.1. The van der Waals surface area contributed by atoms with Crippen LogP contribution in [0.1, 0.15) is 109 Å². The molecule has 1 fully saturated rings. The maximum absolute atomic E-state index is 5.79. The van der Waals surface area contributed by atoms with Crippen molar-refractivity contribution in [3.63, 3.8) is 0 Å². The van der Waals surface area contributed by atoms with E-state index in [1.165, 1.54) is 102 Å². The molecule has 2 rings (SSSR count). The van der Waals surface area contributed by atoms with Crippen LogP contribution in [0.4, 0.5) is 0 Å². The quantitative estimate of drug-likeness (QED) is 0.129. The molecule has 170 valence electrons. The predicted molar refractivity (Wildman–Crippen MR) is 129 cm³/mol. The van der Waals surface area contributed by atoms with E-state index in [0.29, 0.717) is 6.61 Å². The van der Waals surface area contributed by atoms with Crippen molar-refractivity contribution in [3.05, 3.63) is 42.0 Å². The van der Waals surface area contributed by atoms with Gasteiger partial charge in [-0.15, -0.1) is 0 Å². The van der Waals surface area contributed by atoms with Crippen LogP contribution < -0.4 is 4.74 Å². The van der Waals surface area contributed by atoms with Crippen molar-refractivity contribution in [2.45, 2.75) is 116 Å². The summed E-state index contributed by atoms with van der Waals surface area (Å²) in [5.74, 6) is 0.956. The fourth-order valence-electron chi connectivity index (χ4n) is 3.77. The third-order valence-electron chi connectivity index (χ3n) is 6.08. The molecule has 0 aromatic heterocycles. The van der Waals surface area contributed by atoms with Gasteiger partial charge in [0.25, 0.3) is 0 Å². The zero-order chi connectivity index (χ0) is 21.3. The summed E-state index contributed by atoms with van der Waals surface area (Å²) in [7, 11) is 0.